The van der Waals surface area contributed by atoms with Gasteiger partial charge in [0, 0.05) is 12.6 Å². The Morgan fingerprint density at radius 3 is 2.80 bits per heavy atom. The summed E-state index contributed by atoms with van der Waals surface area (Å²) in [4.78, 5) is 24.8. The van der Waals surface area contributed by atoms with Crippen LogP contribution >= 0.6 is 0 Å². The Morgan fingerprint density at radius 1 is 1.40 bits per heavy atom. The summed E-state index contributed by atoms with van der Waals surface area (Å²) in [5.41, 5.74) is -0.117. The number of ether oxygens (including phenoxy) is 1. The molecule has 5 nitrogen and oxygen atoms in total. The van der Waals surface area contributed by atoms with E-state index in [4.69, 9.17) is 0 Å². The van der Waals surface area contributed by atoms with Crippen molar-refractivity contribution in [3.05, 3.63) is 29.8 Å². The van der Waals surface area contributed by atoms with Gasteiger partial charge in [0.05, 0.1) is 12.8 Å². The highest BCUT2D eigenvalue weighted by Crippen LogP contribution is 2.21. The normalized spacial score (nSPS) is 17.9. The highest BCUT2D eigenvalue weighted by atomic mass is 19.1. The molecule has 0 bridgehead atoms. The quantitative estimate of drug-likeness (QED) is 0.905. The second-order valence-corrected chi connectivity index (χ2v) is 4.43. The number of likely N-dealkylation sites (tertiary alicyclic amines) is 1. The Balaban J connectivity index is 2.09. The van der Waals surface area contributed by atoms with Crippen LogP contribution in [0.3, 0.4) is 0 Å². The van der Waals surface area contributed by atoms with Crippen LogP contribution in [0.4, 0.5) is 19.3 Å². The van der Waals surface area contributed by atoms with Gasteiger partial charge in [-0.05, 0) is 25.0 Å². The minimum absolute atomic E-state index is 0.117. The molecule has 2 amide bonds. The molecule has 108 valence electrons. The van der Waals surface area contributed by atoms with Crippen LogP contribution in [0.5, 0.6) is 0 Å². The number of anilines is 1. The highest BCUT2D eigenvalue weighted by Gasteiger charge is 2.35. The second kappa shape index (κ2) is 5.85. The molecular formula is C13H14F2N2O3. The van der Waals surface area contributed by atoms with Gasteiger partial charge in [-0.25, -0.2) is 13.6 Å². The van der Waals surface area contributed by atoms with Gasteiger partial charge in [-0.3, -0.25) is 9.69 Å². The Bertz CT molecular complexity index is 536. The molecule has 2 rings (SSSR count). The monoisotopic (exact) mass is 284 g/mol. The van der Waals surface area contributed by atoms with Crippen LogP contribution < -0.4 is 5.32 Å². The summed E-state index contributed by atoms with van der Waals surface area (Å²) >= 11 is 0. The van der Waals surface area contributed by atoms with Crippen molar-refractivity contribution < 1.29 is 23.1 Å². The van der Waals surface area contributed by atoms with Gasteiger partial charge in [-0.1, -0.05) is 0 Å². The third-order valence-corrected chi connectivity index (χ3v) is 3.15. The molecule has 0 saturated carbocycles. The van der Waals surface area contributed by atoms with Crippen LogP contribution in [0.2, 0.25) is 0 Å². The van der Waals surface area contributed by atoms with Crippen molar-refractivity contribution >= 4 is 17.7 Å². The molecular weight excluding hydrogens is 270 g/mol. The van der Waals surface area contributed by atoms with Crippen molar-refractivity contribution in [2.45, 2.75) is 18.9 Å². The summed E-state index contributed by atoms with van der Waals surface area (Å²) in [5, 5.41) is 2.36. The Labute approximate surface area is 114 Å². The molecule has 1 atom stereocenters. The molecule has 7 heteroatoms. The first-order valence-corrected chi connectivity index (χ1v) is 6.13. The maximum Gasteiger partial charge on any atom is 0.410 e. The predicted molar refractivity (Wildman–Crippen MR) is 67.1 cm³/mol. The average molecular weight is 284 g/mol. The van der Waals surface area contributed by atoms with E-state index < -0.39 is 29.7 Å². The summed E-state index contributed by atoms with van der Waals surface area (Å²) in [7, 11) is 1.23. The molecule has 1 saturated heterocycles. The molecule has 0 spiro atoms. The van der Waals surface area contributed by atoms with Gasteiger partial charge in [-0.15, -0.1) is 0 Å². The van der Waals surface area contributed by atoms with Gasteiger partial charge in [0.2, 0.25) is 5.91 Å². The van der Waals surface area contributed by atoms with Gasteiger partial charge in [-0.2, -0.15) is 0 Å². The molecule has 1 aliphatic heterocycles. The average Bonchev–Trinajstić information content (AvgIpc) is 2.90. The van der Waals surface area contributed by atoms with E-state index in [1.54, 1.807) is 0 Å². The molecule has 1 aromatic carbocycles. The first-order chi connectivity index (χ1) is 9.52. The fraction of sp³-hybridized carbons (Fsp3) is 0.385. The zero-order chi connectivity index (χ0) is 14.7. The molecule has 1 aliphatic rings. The summed E-state index contributed by atoms with van der Waals surface area (Å²) < 4.78 is 30.8. The van der Waals surface area contributed by atoms with Crippen molar-refractivity contribution in [1.82, 2.24) is 4.90 Å². The fourth-order valence-corrected chi connectivity index (χ4v) is 2.18. The predicted octanol–water partition coefficient (Wildman–Crippen LogP) is 2.13. The van der Waals surface area contributed by atoms with E-state index in [0.717, 1.165) is 12.1 Å². The maximum absolute atomic E-state index is 13.5. The summed E-state index contributed by atoms with van der Waals surface area (Å²) in [6.45, 7) is 0.413. The molecule has 1 fully saturated rings. The zero-order valence-electron chi connectivity index (χ0n) is 10.9. The van der Waals surface area contributed by atoms with Gasteiger partial charge in [0.25, 0.3) is 0 Å². The van der Waals surface area contributed by atoms with Crippen molar-refractivity contribution in [2.24, 2.45) is 0 Å². The number of amides is 2. The van der Waals surface area contributed by atoms with Crippen molar-refractivity contribution in [1.29, 1.82) is 0 Å². The Kier molecular flexibility index (Phi) is 4.16. The van der Waals surface area contributed by atoms with Gasteiger partial charge in [0.1, 0.15) is 17.7 Å². The van der Waals surface area contributed by atoms with Crippen LogP contribution in [0, 0.1) is 11.6 Å². The number of nitrogens with zero attached hydrogens (tertiary/aromatic N) is 1. The lowest BCUT2D eigenvalue weighted by Gasteiger charge is -2.22. The van der Waals surface area contributed by atoms with Crippen molar-refractivity contribution in [3.63, 3.8) is 0 Å². The van der Waals surface area contributed by atoms with E-state index in [1.807, 2.05) is 0 Å². The number of hydrogen-bond donors (Lipinski definition) is 1. The summed E-state index contributed by atoms with van der Waals surface area (Å²) in [5.74, 6) is -2.10. The number of nitrogens with one attached hydrogen (secondary N) is 1. The minimum Gasteiger partial charge on any atom is -0.453 e. The lowest BCUT2D eigenvalue weighted by atomic mass is 10.2. The standard InChI is InChI=1S/C13H14F2N2O3/c1-20-13(19)17-6-2-3-11(17)12(18)16-10-5-4-8(14)7-9(10)15/h4-5,7,11H,2-3,6H2,1H3,(H,16,18). The molecule has 0 aromatic heterocycles. The molecule has 1 unspecified atom stereocenters. The molecule has 20 heavy (non-hydrogen) atoms. The first-order valence-electron chi connectivity index (χ1n) is 6.13. The van der Waals surface area contributed by atoms with E-state index in [9.17, 15) is 18.4 Å². The maximum atomic E-state index is 13.5. The summed E-state index contributed by atoms with van der Waals surface area (Å²) in [6.07, 6.45) is 0.547. The topological polar surface area (TPSA) is 58.6 Å². The van der Waals surface area contributed by atoms with Crippen LogP contribution in [0.15, 0.2) is 18.2 Å². The third kappa shape index (κ3) is 2.87. The number of carbonyl (C=O) groups excluding carboxylic acids is 2. The first kappa shape index (κ1) is 14.2. The number of methoxy groups -OCH3 is 1. The molecule has 1 aromatic rings. The van der Waals surface area contributed by atoms with E-state index in [0.29, 0.717) is 25.5 Å². The zero-order valence-corrected chi connectivity index (χ0v) is 10.9. The van der Waals surface area contributed by atoms with E-state index in [-0.39, 0.29) is 5.69 Å². The van der Waals surface area contributed by atoms with Crippen LogP contribution in [-0.4, -0.2) is 36.6 Å². The molecule has 1 heterocycles. The Morgan fingerprint density at radius 2 is 2.15 bits per heavy atom. The highest BCUT2D eigenvalue weighted by molar-refractivity contribution is 5.96. The second-order valence-electron chi connectivity index (χ2n) is 4.43. The van der Waals surface area contributed by atoms with Crippen LogP contribution in [-0.2, 0) is 9.53 Å². The van der Waals surface area contributed by atoms with Gasteiger partial charge in [0.15, 0.2) is 0 Å². The van der Waals surface area contributed by atoms with Crippen LogP contribution in [0.1, 0.15) is 12.8 Å². The summed E-state index contributed by atoms with van der Waals surface area (Å²) in [6, 6.07) is 2.17. The minimum atomic E-state index is -0.860. The third-order valence-electron chi connectivity index (χ3n) is 3.15. The van der Waals surface area contributed by atoms with Gasteiger partial charge >= 0.3 is 6.09 Å². The Hall–Kier alpha value is -2.18. The fourth-order valence-electron chi connectivity index (χ4n) is 2.18. The SMILES string of the molecule is COC(=O)N1CCCC1C(=O)Nc1ccc(F)cc1F. The van der Waals surface area contributed by atoms with Crippen molar-refractivity contribution in [3.8, 4) is 0 Å². The lowest BCUT2D eigenvalue weighted by molar-refractivity contribution is -0.120. The number of halogens is 2. The molecule has 0 aliphatic carbocycles. The number of carbonyl (C=O) groups is 2. The molecule has 0 radical (unpaired) electrons. The van der Waals surface area contributed by atoms with E-state index in [1.165, 1.54) is 12.0 Å². The smallest absolute Gasteiger partial charge is 0.410 e. The van der Waals surface area contributed by atoms with E-state index in [2.05, 4.69) is 10.1 Å². The van der Waals surface area contributed by atoms with Crippen LogP contribution in [0.25, 0.3) is 0 Å². The number of hydrogen-bond acceptors (Lipinski definition) is 3. The number of benzene rings is 1. The van der Waals surface area contributed by atoms with Crippen molar-refractivity contribution in [2.75, 3.05) is 19.0 Å². The van der Waals surface area contributed by atoms with Gasteiger partial charge < -0.3 is 10.1 Å². The molecule has 1 N–H and O–H groups in total. The number of rotatable bonds is 2. The lowest BCUT2D eigenvalue weighted by Crippen LogP contribution is -2.43. The van der Waals surface area contributed by atoms with E-state index >= 15 is 0 Å². The largest absolute Gasteiger partial charge is 0.453 e.